The lowest BCUT2D eigenvalue weighted by Gasteiger charge is -2.07. The molecule has 0 bridgehead atoms. The second-order valence-corrected chi connectivity index (χ2v) is 7.03. The Labute approximate surface area is 174 Å². The minimum Gasteiger partial charge on any atom is -0.475 e. The maximum atomic E-state index is 10.9. The molecule has 0 radical (unpaired) electrons. The van der Waals surface area contributed by atoms with Gasteiger partial charge in [-0.25, -0.2) is 9.78 Å². The zero-order valence-electron chi connectivity index (χ0n) is 16.6. The van der Waals surface area contributed by atoms with Gasteiger partial charge in [0.2, 0.25) is 5.76 Å². The van der Waals surface area contributed by atoms with E-state index >= 15 is 0 Å². The van der Waals surface area contributed by atoms with Gasteiger partial charge in [-0.2, -0.15) is 0 Å². The highest BCUT2D eigenvalue weighted by Crippen LogP contribution is 2.20. The first-order chi connectivity index (χ1) is 14.6. The summed E-state index contributed by atoms with van der Waals surface area (Å²) in [5.74, 6) is -0.571. The van der Waals surface area contributed by atoms with Crippen molar-refractivity contribution >= 4 is 5.97 Å². The molecule has 152 valence electrons. The molecule has 0 unspecified atom stereocenters. The highest BCUT2D eigenvalue weighted by atomic mass is 16.5. The highest BCUT2D eigenvalue weighted by molar-refractivity contribution is 5.84. The van der Waals surface area contributed by atoms with Crippen molar-refractivity contribution in [3.63, 3.8) is 0 Å². The average molecular weight is 402 g/mol. The van der Waals surface area contributed by atoms with Gasteiger partial charge in [-0.3, -0.25) is 0 Å². The number of carboxylic acid groups (broad SMARTS) is 1. The van der Waals surface area contributed by atoms with Crippen LogP contribution >= 0.6 is 0 Å². The van der Waals surface area contributed by atoms with Crippen LogP contribution in [-0.4, -0.2) is 20.6 Å². The van der Waals surface area contributed by atoms with Crippen LogP contribution in [0, 0.1) is 6.92 Å². The van der Waals surface area contributed by atoms with Gasteiger partial charge >= 0.3 is 5.97 Å². The number of aromatic carboxylic acids is 1. The van der Waals surface area contributed by atoms with Crippen LogP contribution in [0.4, 0.5) is 0 Å². The summed E-state index contributed by atoms with van der Waals surface area (Å²) in [4.78, 5) is 15.4. The number of nitrogens with zero attached hydrogens (tertiary/aromatic N) is 2. The molecule has 0 saturated heterocycles. The lowest BCUT2D eigenvalue weighted by Crippen LogP contribution is -2.02. The fraction of sp³-hybridized carbons (Fsp3) is 0.167. The van der Waals surface area contributed by atoms with E-state index in [1.807, 2.05) is 29.7 Å². The quantitative estimate of drug-likeness (QED) is 0.453. The van der Waals surface area contributed by atoms with Crippen LogP contribution in [0.1, 0.15) is 33.3 Å². The number of ether oxygens (including phenoxy) is 1. The van der Waals surface area contributed by atoms with Gasteiger partial charge in [0, 0.05) is 5.69 Å². The van der Waals surface area contributed by atoms with E-state index in [0.717, 1.165) is 17.0 Å². The van der Waals surface area contributed by atoms with E-state index in [1.54, 1.807) is 12.4 Å². The van der Waals surface area contributed by atoms with Crippen LogP contribution in [0.25, 0.3) is 11.1 Å². The first-order valence-corrected chi connectivity index (χ1v) is 9.65. The summed E-state index contributed by atoms with van der Waals surface area (Å²) in [6, 6.07) is 21.7. The summed E-state index contributed by atoms with van der Waals surface area (Å²) in [6.45, 7) is 3.29. The molecule has 0 amide bonds. The minimum absolute atomic E-state index is 0.0652. The van der Waals surface area contributed by atoms with Crippen molar-refractivity contribution in [2.75, 3.05) is 0 Å². The third-order valence-electron chi connectivity index (χ3n) is 4.97. The molecule has 2 aromatic carbocycles. The van der Waals surface area contributed by atoms with Crippen molar-refractivity contribution in [1.82, 2.24) is 9.55 Å². The predicted octanol–water partition coefficient (Wildman–Crippen LogP) is 4.91. The van der Waals surface area contributed by atoms with Crippen LogP contribution in [0.3, 0.4) is 0 Å². The number of imidazole rings is 1. The van der Waals surface area contributed by atoms with Gasteiger partial charge in [-0.15, -0.1) is 0 Å². The standard InChI is InChI=1S/C24H22N2O4/c1-17-22(25-16-26(17)13-21-11-12-23(30-21)24(27)28)15-29-14-18-7-9-20(10-8-18)19-5-3-2-4-6-19/h2-12,16H,13-15H2,1H3,(H,27,28). The Morgan fingerprint density at radius 3 is 2.43 bits per heavy atom. The number of rotatable bonds is 8. The molecule has 0 aliphatic rings. The molecule has 0 fully saturated rings. The molecule has 4 rings (SSSR count). The average Bonchev–Trinajstić information content (AvgIpc) is 3.37. The summed E-state index contributed by atoms with van der Waals surface area (Å²) in [6.07, 6.45) is 1.71. The van der Waals surface area contributed by atoms with Crippen molar-refractivity contribution in [3.8, 4) is 11.1 Å². The molecule has 30 heavy (non-hydrogen) atoms. The molecule has 0 spiro atoms. The molecule has 0 aliphatic heterocycles. The second kappa shape index (κ2) is 8.80. The largest absolute Gasteiger partial charge is 0.475 e. The van der Waals surface area contributed by atoms with E-state index in [-0.39, 0.29) is 5.76 Å². The van der Waals surface area contributed by atoms with Gasteiger partial charge in [-0.1, -0.05) is 54.6 Å². The molecule has 4 aromatic rings. The normalized spacial score (nSPS) is 11.0. The second-order valence-electron chi connectivity index (χ2n) is 7.03. The molecule has 0 saturated carbocycles. The van der Waals surface area contributed by atoms with Crippen LogP contribution in [0.15, 0.2) is 77.5 Å². The summed E-state index contributed by atoms with van der Waals surface area (Å²) in [5.41, 5.74) is 5.28. The number of hydrogen-bond acceptors (Lipinski definition) is 4. The maximum absolute atomic E-state index is 10.9. The molecule has 0 atom stereocenters. The van der Waals surface area contributed by atoms with Crippen LogP contribution in [-0.2, 0) is 24.5 Å². The molecular formula is C24H22N2O4. The number of carboxylic acids is 1. The number of aromatic nitrogens is 2. The zero-order chi connectivity index (χ0) is 20.9. The van der Waals surface area contributed by atoms with E-state index in [0.29, 0.717) is 25.5 Å². The van der Waals surface area contributed by atoms with Crippen molar-refractivity contribution in [2.24, 2.45) is 0 Å². The SMILES string of the molecule is Cc1c(COCc2ccc(-c3ccccc3)cc2)ncn1Cc1ccc(C(=O)O)o1. The predicted molar refractivity (Wildman–Crippen MR) is 112 cm³/mol. The molecule has 6 nitrogen and oxygen atoms in total. The number of benzene rings is 2. The molecule has 2 aromatic heterocycles. The van der Waals surface area contributed by atoms with Crippen molar-refractivity contribution in [3.05, 3.63) is 102 Å². The number of hydrogen-bond donors (Lipinski definition) is 1. The Hall–Kier alpha value is -3.64. The first kappa shape index (κ1) is 19.7. The maximum Gasteiger partial charge on any atom is 0.371 e. The fourth-order valence-electron chi connectivity index (χ4n) is 3.22. The Morgan fingerprint density at radius 1 is 1.00 bits per heavy atom. The summed E-state index contributed by atoms with van der Waals surface area (Å²) in [5, 5.41) is 8.96. The molecule has 1 N–H and O–H groups in total. The third kappa shape index (κ3) is 4.50. The topological polar surface area (TPSA) is 77.5 Å². The van der Waals surface area contributed by atoms with E-state index in [4.69, 9.17) is 14.3 Å². The molecular weight excluding hydrogens is 380 g/mol. The Bertz CT molecular complexity index is 1130. The highest BCUT2D eigenvalue weighted by Gasteiger charge is 2.12. The van der Waals surface area contributed by atoms with E-state index < -0.39 is 5.97 Å². The van der Waals surface area contributed by atoms with Crippen LogP contribution in [0.5, 0.6) is 0 Å². The van der Waals surface area contributed by atoms with E-state index in [9.17, 15) is 4.79 Å². The Morgan fingerprint density at radius 2 is 1.73 bits per heavy atom. The van der Waals surface area contributed by atoms with Gasteiger partial charge in [0.05, 0.1) is 31.8 Å². The monoisotopic (exact) mass is 402 g/mol. The smallest absolute Gasteiger partial charge is 0.371 e. The third-order valence-corrected chi connectivity index (χ3v) is 4.97. The lowest BCUT2D eigenvalue weighted by molar-refractivity contribution is 0.0660. The van der Waals surface area contributed by atoms with Gasteiger partial charge in [0.1, 0.15) is 5.76 Å². The van der Waals surface area contributed by atoms with Gasteiger partial charge in [0.25, 0.3) is 0 Å². The molecule has 2 heterocycles. The Kier molecular flexibility index (Phi) is 5.77. The summed E-state index contributed by atoms with van der Waals surface area (Å²) in [7, 11) is 0. The summed E-state index contributed by atoms with van der Waals surface area (Å²) < 4.78 is 13.1. The van der Waals surface area contributed by atoms with Crippen molar-refractivity contribution in [2.45, 2.75) is 26.7 Å². The Balaban J connectivity index is 1.32. The van der Waals surface area contributed by atoms with E-state index in [2.05, 4.69) is 41.4 Å². The zero-order valence-corrected chi connectivity index (χ0v) is 16.6. The van der Waals surface area contributed by atoms with Gasteiger partial charge in [0.15, 0.2) is 0 Å². The first-order valence-electron chi connectivity index (χ1n) is 9.65. The summed E-state index contributed by atoms with van der Waals surface area (Å²) >= 11 is 0. The van der Waals surface area contributed by atoms with E-state index in [1.165, 1.54) is 17.2 Å². The lowest BCUT2D eigenvalue weighted by atomic mass is 10.0. The van der Waals surface area contributed by atoms with Gasteiger partial charge < -0.3 is 18.8 Å². The van der Waals surface area contributed by atoms with Crippen molar-refractivity contribution in [1.29, 1.82) is 0 Å². The molecule has 0 aliphatic carbocycles. The molecule has 6 heteroatoms. The number of carbonyl (C=O) groups is 1. The van der Waals surface area contributed by atoms with Crippen LogP contribution < -0.4 is 0 Å². The van der Waals surface area contributed by atoms with Gasteiger partial charge in [-0.05, 0) is 35.7 Å². The minimum atomic E-state index is -1.07. The number of furan rings is 1. The van der Waals surface area contributed by atoms with Crippen molar-refractivity contribution < 1.29 is 19.1 Å². The fourth-order valence-corrected chi connectivity index (χ4v) is 3.22. The van der Waals surface area contributed by atoms with Crippen LogP contribution in [0.2, 0.25) is 0 Å².